The van der Waals surface area contributed by atoms with Crippen LogP contribution in [0.5, 0.6) is 0 Å². The van der Waals surface area contributed by atoms with Crippen molar-refractivity contribution in [3.05, 3.63) is 246 Å². The smallest absolute Gasteiger partial charge is 0.0714 e. The summed E-state index contributed by atoms with van der Waals surface area (Å²) in [5.74, 6) is 0. The second-order valence-electron chi connectivity index (χ2n) is 14.5. The van der Waals surface area contributed by atoms with Gasteiger partial charge in [0, 0.05) is 16.9 Å². The summed E-state index contributed by atoms with van der Waals surface area (Å²) >= 11 is 0. The van der Waals surface area contributed by atoms with Crippen molar-refractivity contribution in [2.24, 2.45) is 0 Å². The first kappa shape index (κ1) is 32.7. The molecule has 0 heterocycles. The highest BCUT2D eigenvalue weighted by Crippen LogP contribution is 2.57. The molecule has 1 aliphatic rings. The number of anilines is 3. The van der Waals surface area contributed by atoms with E-state index in [-0.39, 0.29) is 0 Å². The van der Waals surface area contributed by atoms with E-state index in [0.29, 0.717) is 0 Å². The molecule has 0 aliphatic heterocycles. The quantitative estimate of drug-likeness (QED) is 0.160. The van der Waals surface area contributed by atoms with Gasteiger partial charge in [0.2, 0.25) is 0 Å². The molecular formula is C54H39N. The van der Waals surface area contributed by atoms with Crippen LogP contribution in [0.3, 0.4) is 0 Å². The summed E-state index contributed by atoms with van der Waals surface area (Å²) in [5, 5.41) is 2.49. The van der Waals surface area contributed by atoms with Crippen LogP contribution < -0.4 is 4.90 Å². The maximum atomic E-state index is 2.46. The van der Waals surface area contributed by atoms with Gasteiger partial charge in [0.1, 0.15) is 0 Å². The molecule has 1 aliphatic carbocycles. The first-order valence-corrected chi connectivity index (χ1v) is 19.1. The average molecular weight is 702 g/mol. The number of fused-ring (bicyclic) bond motifs is 4. The molecule has 0 aromatic heterocycles. The lowest BCUT2D eigenvalue weighted by Gasteiger charge is -2.35. The Hall–Kier alpha value is -6.96. The summed E-state index contributed by atoms with van der Waals surface area (Å²) < 4.78 is 0. The van der Waals surface area contributed by atoms with Crippen molar-refractivity contribution < 1.29 is 0 Å². The molecule has 9 aromatic carbocycles. The van der Waals surface area contributed by atoms with Gasteiger partial charge in [0.05, 0.1) is 11.1 Å². The summed E-state index contributed by atoms with van der Waals surface area (Å²) in [7, 11) is 0. The van der Waals surface area contributed by atoms with Crippen molar-refractivity contribution in [3.8, 4) is 33.4 Å². The first-order chi connectivity index (χ1) is 27.2. The van der Waals surface area contributed by atoms with Crippen LogP contribution in [0, 0.1) is 6.92 Å². The van der Waals surface area contributed by atoms with Crippen molar-refractivity contribution in [3.63, 3.8) is 0 Å². The lowest BCUT2D eigenvalue weighted by molar-refractivity contribution is 0.768. The molecule has 0 spiro atoms. The van der Waals surface area contributed by atoms with Gasteiger partial charge in [-0.05, 0) is 104 Å². The zero-order chi connectivity index (χ0) is 36.8. The summed E-state index contributed by atoms with van der Waals surface area (Å²) in [6, 6.07) is 80.1. The largest absolute Gasteiger partial charge is 0.310 e. The van der Waals surface area contributed by atoms with E-state index in [9.17, 15) is 0 Å². The molecule has 1 heteroatoms. The second kappa shape index (κ2) is 13.5. The SMILES string of the molecule is Cc1ccccc1-c1cccc2cccc(-c3ccccc3N(c3ccccc3)c3ccc4c(c3)C(c3ccccc3)(c3ccccc3)c3ccccc3-4)c12. The summed E-state index contributed by atoms with van der Waals surface area (Å²) in [6.07, 6.45) is 0. The highest BCUT2D eigenvalue weighted by Gasteiger charge is 2.46. The first-order valence-electron chi connectivity index (χ1n) is 19.1. The predicted molar refractivity (Wildman–Crippen MR) is 232 cm³/mol. The summed E-state index contributed by atoms with van der Waals surface area (Å²) in [6.45, 7) is 2.21. The maximum absolute atomic E-state index is 2.46. The molecule has 0 unspecified atom stereocenters. The monoisotopic (exact) mass is 701 g/mol. The Morgan fingerprint density at radius 3 is 1.53 bits per heavy atom. The molecule has 55 heavy (non-hydrogen) atoms. The minimum atomic E-state index is -0.496. The molecule has 260 valence electrons. The molecule has 0 N–H and O–H groups in total. The van der Waals surface area contributed by atoms with E-state index in [1.165, 1.54) is 72.0 Å². The second-order valence-corrected chi connectivity index (χ2v) is 14.5. The molecule has 0 amide bonds. The van der Waals surface area contributed by atoms with Crippen LogP contribution in [0.15, 0.2) is 218 Å². The molecule has 9 aromatic rings. The molecule has 0 saturated heterocycles. The maximum Gasteiger partial charge on any atom is 0.0714 e. The Bertz CT molecular complexity index is 2770. The molecule has 0 atom stereocenters. The fourth-order valence-corrected chi connectivity index (χ4v) is 9.14. The summed E-state index contributed by atoms with van der Waals surface area (Å²) in [5.41, 5.74) is 16.7. The van der Waals surface area contributed by atoms with Crippen LogP contribution in [0.1, 0.15) is 27.8 Å². The van der Waals surface area contributed by atoms with Gasteiger partial charge in [-0.15, -0.1) is 0 Å². The van der Waals surface area contributed by atoms with Gasteiger partial charge in [0.15, 0.2) is 0 Å². The van der Waals surface area contributed by atoms with Crippen molar-refractivity contribution in [2.75, 3.05) is 4.90 Å². The third-order valence-corrected chi connectivity index (χ3v) is 11.5. The van der Waals surface area contributed by atoms with Crippen molar-refractivity contribution >= 4 is 27.8 Å². The highest BCUT2D eigenvalue weighted by atomic mass is 15.1. The van der Waals surface area contributed by atoms with Crippen molar-refractivity contribution in [2.45, 2.75) is 12.3 Å². The molecular weight excluding hydrogens is 663 g/mol. The minimum Gasteiger partial charge on any atom is -0.310 e. The molecule has 0 radical (unpaired) electrons. The van der Waals surface area contributed by atoms with Crippen molar-refractivity contribution in [1.82, 2.24) is 0 Å². The number of rotatable bonds is 7. The fraction of sp³-hybridized carbons (Fsp3) is 0.0370. The lowest BCUT2D eigenvalue weighted by Crippen LogP contribution is -2.28. The number of hydrogen-bond acceptors (Lipinski definition) is 1. The molecule has 1 nitrogen and oxygen atoms in total. The third kappa shape index (κ3) is 5.23. The van der Waals surface area contributed by atoms with E-state index >= 15 is 0 Å². The highest BCUT2D eigenvalue weighted by molar-refractivity contribution is 6.09. The van der Waals surface area contributed by atoms with Crippen LogP contribution in [-0.4, -0.2) is 0 Å². The number of hydrogen-bond donors (Lipinski definition) is 0. The Balaban J connectivity index is 1.25. The average Bonchev–Trinajstić information content (AvgIpc) is 3.55. The standard InChI is InChI=1S/C54H39N/c1-38-19-11-12-28-44(38)48-31-17-20-39-21-18-32-49(53(39)48)47-30-14-16-34-52(47)55(42-26-9-4-10-27-42)43-35-36-46-45-29-13-15-33-50(45)54(51(46)37-43,40-22-5-2-6-23-40)41-24-7-3-8-25-41/h2-37H,1H3. The van der Waals surface area contributed by atoms with Crippen molar-refractivity contribution in [1.29, 1.82) is 0 Å². The van der Waals surface area contributed by atoms with Crippen LogP contribution in [0.4, 0.5) is 17.1 Å². The third-order valence-electron chi connectivity index (χ3n) is 11.5. The van der Waals surface area contributed by atoms with Gasteiger partial charge in [0.25, 0.3) is 0 Å². The zero-order valence-electron chi connectivity index (χ0n) is 30.7. The summed E-state index contributed by atoms with van der Waals surface area (Å²) in [4.78, 5) is 2.45. The molecule has 10 rings (SSSR count). The Labute approximate surface area is 323 Å². The Morgan fingerprint density at radius 1 is 0.345 bits per heavy atom. The van der Waals surface area contributed by atoms with E-state index in [4.69, 9.17) is 0 Å². The van der Waals surface area contributed by atoms with Crippen LogP contribution in [0.25, 0.3) is 44.2 Å². The topological polar surface area (TPSA) is 3.24 Å². The van der Waals surface area contributed by atoms with E-state index in [1.54, 1.807) is 0 Å². The molecule has 0 saturated carbocycles. The predicted octanol–water partition coefficient (Wildman–Crippen LogP) is 14.3. The number of aryl methyl sites for hydroxylation is 1. The normalized spacial score (nSPS) is 12.6. The van der Waals surface area contributed by atoms with Gasteiger partial charge >= 0.3 is 0 Å². The van der Waals surface area contributed by atoms with Gasteiger partial charge in [-0.2, -0.15) is 0 Å². The Morgan fingerprint density at radius 2 is 0.855 bits per heavy atom. The molecule has 0 fully saturated rings. The van der Waals surface area contributed by atoms with Gasteiger partial charge in [-0.3, -0.25) is 0 Å². The lowest BCUT2D eigenvalue weighted by atomic mass is 9.67. The van der Waals surface area contributed by atoms with Crippen LogP contribution >= 0.6 is 0 Å². The number of benzene rings is 9. The van der Waals surface area contributed by atoms with Crippen LogP contribution in [0.2, 0.25) is 0 Å². The van der Waals surface area contributed by atoms with Gasteiger partial charge in [-0.25, -0.2) is 0 Å². The van der Waals surface area contributed by atoms with E-state index in [2.05, 4.69) is 230 Å². The van der Waals surface area contributed by atoms with E-state index < -0.39 is 5.41 Å². The number of para-hydroxylation sites is 2. The molecule has 0 bridgehead atoms. The van der Waals surface area contributed by atoms with Gasteiger partial charge in [-0.1, -0.05) is 188 Å². The van der Waals surface area contributed by atoms with Crippen LogP contribution in [-0.2, 0) is 5.41 Å². The van der Waals surface area contributed by atoms with Gasteiger partial charge < -0.3 is 4.90 Å². The van der Waals surface area contributed by atoms with E-state index in [1.807, 2.05) is 0 Å². The fourth-order valence-electron chi connectivity index (χ4n) is 9.14. The zero-order valence-corrected chi connectivity index (χ0v) is 30.7. The van der Waals surface area contributed by atoms with E-state index in [0.717, 1.165) is 17.1 Å². The minimum absolute atomic E-state index is 0.496. The number of nitrogens with zero attached hydrogens (tertiary/aromatic N) is 1. The Kier molecular flexibility index (Phi) is 8.00.